The van der Waals surface area contributed by atoms with Gasteiger partial charge in [-0.05, 0) is 18.2 Å². The number of amides is 1. The molecule has 0 unspecified atom stereocenters. The van der Waals surface area contributed by atoms with Gasteiger partial charge in [-0.3, -0.25) is 19.3 Å². The Hall–Kier alpha value is -4.53. The number of anilines is 1. The number of hydrogen-bond acceptors (Lipinski definition) is 5. The summed E-state index contributed by atoms with van der Waals surface area (Å²) in [5, 5.41) is 9.97. The Balaban J connectivity index is 1.57. The molecule has 0 spiro atoms. The number of nitrogens with zero attached hydrogens (tertiary/aromatic N) is 4. The molecule has 0 fully saturated rings. The first kappa shape index (κ1) is 20.7. The minimum absolute atomic E-state index is 0.223. The van der Waals surface area contributed by atoms with E-state index < -0.39 is 17.2 Å². The van der Waals surface area contributed by atoms with E-state index in [1.807, 2.05) is 42.5 Å². The summed E-state index contributed by atoms with van der Waals surface area (Å²) in [6, 6.07) is 16.7. The smallest absolute Gasteiger partial charge is 0.322 e. The molecule has 2 N–H and O–H groups in total. The average molecular weight is 428 g/mol. The first-order valence-corrected chi connectivity index (χ1v) is 9.77. The molecule has 9 heteroatoms. The monoisotopic (exact) mass is 428 g/mol. The zero-order chi connectivity index (χ0) is 22.7. The van der Waals surface area contributed by atoms with Gasteiger partial charge < -0.3 is 9.88 Å². The standard InChI is InChI=1S/C23H20N6O3/c1-28-14-16(22(31)29(2)23(28)32)12-13-19(30)24-18-11-7-6-10-17(18)21-25-20(26-27-21)15-8-4-3-5-9-15/h3-14H,1-2H3,(H,24,30)(H,25,26,27)/b13-12+. The number of aromatic nitrogens is 5. The van der Waals surface area contributed by atoms with Gasteiger partial charge >= 0.3 is 5.69 Å². The summed E-state index contributed by atoms with van der Waals surface area (Å²) in [6.07, 6.45) is 4.01. The van der Waals surface area contributed by atoms with Crippen LogP contribution in [0.2, 0.25) is 0 Å². The van der Waals surface area contributed by atoms with Crippen LogP contribution in [0.25, 0.3) is 28.9 Å². The number of rotatable bonds is 5. The average Bonchev–Trinajstić information content (AvgIpc) is 3.30. The molecule has 32 heavy (non-hydrogen) atoms. The normalized spacial score (nSPS) is 11.1. The Morgan fingerprint density at radius 2 is 1.75 bits per heavy atom. The molecule has 0 aliphatic carbocycles. The first-order chi connectivity index (χ1) is 15.4. The van der Waals surface area contributed by atoms with Gasteiger partial charge in [-0.1, -0.05) is 42.5 Å². The highest BCUT2D eigenvalue weighted by molar-refractivity contribution is 6.03. The summed E-state index contributed by atoms with van der Waals surface area (Å²) in [5.74, 6) is 0.624. The molecule has 0 aliphatic rings. The molecule has 1 amide bonds. The molecule has 0 atom stereocenters. The summed E-state index contributed by atoms with van der Waals surface area (Å²) in [4.78, 5) is 41.1. The van der Waals surface area contributed by atoms with E-state index in [0.717, 1.165) is 10.1 Å². The molecule has 2 aromatic carbocycles. The van der Waals surface area contributed by atoms with E-state index in [4.69, 9.17) is 0 Å². The topological polar surface area (TPSA) is 115 Å². The van der Waals surface area contributed by atoms with Gasteiger partial charge in [-0.2, -0.15) is 5.10 Å². The third-order valence-electron chi connectivity index (χ3n) is 4.84. The molecule has 0 aliphatic heterocycles. The van der Waals surface area contributed by atoms with Crippen LogP contribution in [-0.2, 0) is 18.9 Å². The Bertz CT molecular complexity index is 1430. The lowest BCUT2D eigenvalue weighted by Crippen LogP contribution is -2.37. The molecule has 2 aromatic heterocycles. The Morgan fingerprint density at radius 3 is 2.53 bits per heavy atom. The van der Waals surface area contributed by atoms with Crippen molar-refractivity contribution >= 4 is 17.7 Å². The molecule has 4 rings (SSSR count). The SMILES string of the molecule is Cn1cc(/C=C/C(=O)Nc2ccccc2-c2nc(-c3ccccc3)n[nH]2)c(=O)n(C)c1=O. The minimum Gasteiger partial charge on any atom is -0.322 e. The molecule has 4 aromatic rings. The molecule has 2 heterocycles. The number of aromatic amines is 1. The fourth-order valence-corrected chi connectivity index (χ4v) is 3.19. The van der Waals surface area contributed by atoms with Gasteiger partial charge in [0.1, 0.15) is 0 Å². The van der Waals surface area contributed by atoms with Crippen molar-refractivity contribution in [3.8, 4) is 22.8 Å². The molecular weight excluding hydrogens is 408 g/mol. The third-order valence-corrected chi connectivity index (χ3v) is 4.84. The summed E-state index contributed by atoms with van der Waals surface area (Å²) < 4.78 is 2.27. The van der Waals surface area contributed by atoms with E-state index in [1.165, 1.54) is 37.0 Å². The number of carbonyl (C=O) groups excluding carboxylic acids is 1. The fourth-order valence-electron chi connectivity index (χ4n) is 3.19. The summed E-state index contributed by atoms with van der Waals surface area (Å²) in [7, 11) is 2.93. The fraction of sp³-hybridized carbons (Fsp3) is 0.0870. The summed E-state index contributed by atoms with van der Waals surface area (Å²) in [5.41, 5.74) is 1.38. The highest BCUT2D eigenvalue weighted by Crippen LogP contribution is 2.26. The van der Waals surface area contributed by atoms with Crippen LogP contribution in [0.3, 0.4) is 0 Å². The number of benzene rings is 2. The second-order valence-electron chi connectivity index (χ2n) is 7.08. The van der Waals surface area contributed by atoms with Crippen molar-refractivity contribution in [2.45, 2.75) is 0 Å². The van der Waals surface area contributed by atoms with Crippen LogP contribution in [0.1, 0.15) is 5.56 Å². The Kier molecular flexibility index (Phi) is 5.63. The van der Waals surface area contributed by atoms with Crippen molar-refractivity contribution in [3.05, 3.63) is 93.3 Å². The van der Waals surface area contributed by atoms with Crippen LogP contribution >= 0.6 is 0 Å². The van der Waals surface area contributed by atoms with Crippen molar-refractivity contribution in [1.29, 1.82) is 0 Å². The number of aryl methyl sites for hydroxylation is 1. The van der Waals surface area contributed by atoms with E-state index in [2.05, 4.69) is 20.5 Å². The van der Waals surface area contributed by atoms with Crippen molar-refractivity contribution < 1.29 is 4.79 Å². The number of nitrogens with one attached hydrogen (secondary N) is 2. The van der Waals surface area contributed by atoms with E-state index in [9.17, 15) is 14.4 Å². The second kappa shape index (κ2) is 8.68. The van der Waals surface area contributed by atoms with Gasteiger partial charge in [0.25, 0.3) is 5.56 Å². The molecule has 0 saturated heterocycles. The maximum absolute atomic E-state index is 12.5. The quantitative estimate of drug-likeness (QED) is 0.473. The van der Waals surface area contributed by atoms with Crippen LogP contribution < -0.4 is 16.6 Å². The second-order valence-corrected chi connectivity index (χ2v) is 7.08. The van der Waals surface area contributed by atoms with E-state index in [1.54, 1.807) is 12.1 Å². The maximum Gasteiger partial charge on any atom is 0.330 e. The Labute approximate surface area is 182 Å². The lowest BCUT2D eigenvalue weighted by Gasteiger charge is -2.07. The number of hydrogen-bond donors (Lipinski definition) is 2. The van der Waals surface area contributed by atoms with Crippen LogP contribution in [0.4, 0.5) is 5.69 Å². The number of H-pyrrole nitrogens is 1. The van der Waals surface area contributed by atoms with Gasteiger partial charge in [0, 0.05) is 37.5 Å². The maximum atomic E-state index is 12.5. The summed E-state index contributed by atoms with van der Waals surface area (Å²) >= 11 is 0. The van der Waals surface area contributed by atoms with Crippen molar-refractivity contribution in [2.75, 3.05) is 5.32 Å². The van der Waals surface area contributed by atoms with E-state index in [0.29, 0.717) is 22.9 Å². The van der Waals surface area contributed by atoms with Gasteiger partial charge in [0.05, 0.1) is 11.3 Å². The molecule has 9 nitrogen and oxygen atoms in total. The van der Waals surface area contributed by atoms with Crippen LogP contribution in [0, 0.1) is 0 Å². The molecule has 0 radical (unpaired) electrons. The molecular formula is C23H20N6O3. The minimum atomic E-state index is -0.479. The highest BCUT2D eigenvalue weighted by Gasteiger charge is 2.12. The largest absolute Gasteiger partial charge is 0.330 e. The van der Waals surface area contributed by atoms with Crippen molar-refractivity contribution in [2.24, 2.45) is 14.1 Å². The molecule has 0 saturated carbocycles. The van der Waals surface area contributed by atoms with Crippen LogP contribution in [0.15, 0.2) is 76.5 Å². The zero-order valence-electron chi connectivity index (χ0n) is 17.4. The zero-order valence-corrected chi connectivity index (χ0v) is 17.4. The van der Waals surface area contributed by atoms with Gasteiger partial charge in [0.15, 0.2) is 11.6 Å². The molecule has 0 bridgehead atoms. The lowest BCUT2D eigenvalue weighted by atomic mass is 10.1. The predicted molar refractivity (Wildman–Crippen MR) is 122 cm³/mol. The summed E-state index contributed by atoms with van der Waals surface area (Å²) in [6.45, 7) is 0. The highest BCUT2D eigenvalue weighted by atomic mass is 16.2. The van der Waals surface area contributed by atoms with E-state index in [-0.39, 0.29) is 5.56 Å². The number of carbonyl (C=O) groups is 1. The van der Waals surface area contributed by atoms with Gasteiger partial charge in [-0.15, -0.1) is 0 Å². The first-order valence-electron chi connectivity index (χ1n) is 9.77. The third kappa shape index (κ3) is 4.17. The lowest BCUT2D eigenvalue weighted by molar-refractivity contribution is -0.111. The van der Waals surface area contributed by atoms with Crippen LogP contribution in [0.5, 0.6) is 0 Å². The number of para-hydroxylation sites is 1. The predicted octanol–water partition coefficient (Wildman–Crippen LogP) is 2.19. The Morgan fingerprint density at radius 1 is 1.03 bits per heavy atom. The van der Waals surface area contributed by atoms with Gasteiger partial charge in [-0.25, -0.2) is 9.78 Å². The molecule has 160 valence electrons. The van der Waals surface area contributed by atoms with Crippen LogP contribution in [-0.4, -0.2) is 30.2 Å². The van der Waals surface area contributed by atoms with Gasteiger partial charge in [0.2, 0.25) is 5.91 Å². The van der Waals surface area contributed by atoms with Crippen molar-refractivity contribution in [1.82, 2.24) is 24.3 Å². The van der Waals surface area contributed by atoms with E-state index >= 15 is 0 Å². The van der Waals surface area contributed by atoms with Crippen molar-refractivity contribution in [3.63, 3.8) is 0 Å².